The second-order valence-electron chi connectivity index (χ2n) is 8.33. The molecule has 2 saturated heterocycles. The van der Waals surface area contributed by atoms with Crippen LogP contribution >= 0.6 is 0 Å². The smallest absolute Gasteiger partial charge is 0.251 e. The van der Waals surface area contributed by atoms with Crippen molar-refractivity contribution < 1.29 is 22.4 Å². The first-order chi connectivity index (χ1) is 15.5. The zero-order valence-electron chi connectivity index (χ0n) is 18.5. The van der Waals surface area contributed by atoms with E-state index in [1.165, 1.54) is 16.8 Å². The van der Waals surface area contributed by atoms with Crippen LogP contribution in [0.15, 0.2) is 45.9 Å². The summed E-state index contributed by atoms with van der Waals surface area (Å²) in [5, 5.41) is 3.01. The number of rotatable bonds is 7. The highest BCUT2D eigenvalue weighted by atomic mass is 32.2. The number of furan rings is 1. The lowest BCUT2D eigenvalue weighted by Crippen LogP contribution is -2.41. The van der Waals surface area contributed by atoms with Crippen LogP contribution in [-0.2, 0) is 14.8 Å². The highest BCUT2D eigenvalue weighted by Gasteiger charge is 2.28. The second kappa shape index (κ2) is 10.2. The van der Waals surface area contributed by atoms with Gasteiger partial charge in [0.05, 0.1) is 30.4 Å². The van der Waals surface area contributed by atoms with Gasteiger partial charge >= 0.3 is 0 Å². The lowest BCUT2D eigenvalue weighted by Gasteiger charge is -2.33. The van der Waals surface area contributed by atoms with Crippen molar-refractivity contribution in [2.24, 2.45) is 0 Å². The summed E-state index contributed by atoms with van der Waals surface area (Å²) in [6, 6.07) is 8.49. The number of likely N-dealkylation sites (tertiary alicyclic amines) is 1. The molecule has 4 rings (SSSR count). The molecule has 2 aromatic rings. The molecule has 0 bridgehead atoms. The van der Waals surface area contributed by atoms with Crippen molar-refractivity contribution in [3.8, 4) is 0 Å². The van der Waals surface area contributed by atoms with Gasteiger partial charge in [-0.3, -0.25) is 9.69 Å². The maximum absolute atomic E-state index is 13.1. The Labute approximate surface area is 189 Å². The van der Waals surface area contributed by atoms with Crippen molar-refractivity contribution in [3.05, 3.63) is 53.5 Å². The van der Waals surface area contributed by atoms with Gasteiger partial charge in [0.25, 0.3) is 5.91 Å². The van der Waals surface area contributed by atoms with Crippen LogP contribution < -0.4 is 5.32 Å². The number of hydrogen-bond donors (Lipinski definition) is 1. The van der Waals surface area contributed by atoms with Crippen LogP contribution in [0.3, 0.4) is 0 Å². The van der Waals surface area contributed by atoms with Gasteiger partial charge in [-0.25, -0.2) is 8.42 Å². The van der Waals surface area contributed by atoms with Crippen molar-refractivity contribution in [1.29, 1.82) is 0 Å². The van der Waals surface area contributed by atoms with Crippen LogP contribution in [0, 0.1) is 6.92 Å². The average Bonchev–Trinajstić information content (AvgIpc) is 3.35. The zero-order valence-corrected chi connectivity index (χ0v) is 19.3. The lowest BCUT2D eigenvalue weighted by molar-refractivity contribution is 0.0730. The number of amides is 1. The Bertz CT molecular complexity index is 1010. The molecular formula is C23H31N3O5S. The van der Waals surface area contributed by atoms with Crippen molar-refractivity contribution in [3.63, 3.8) is 0 Å². The lowest BCUT2D eigenvalue weighted by atomic mass is 10.1. The van der Waals surface area contributed by atoms with Gasteiger partial charge < -0.3 is 14.5 Å². The molecule has 1 unspecified atom stereocenters. The third-order valence-corrected chi connectivity index (χ3v) is 8.12. The minimum Gasteiger partial charge on any atom is -0.468 e. The van der Waals surface area contributed by atoms with Crippen molar-refractivity contribution in [2.45, 2.75) is 37.1 Å². The Morgan fingerprint density at radius 2 is 1.84 bits per heavy atom. The van der Waals surface area contributed by atoms with E-state index >= 15 is 0 Å². The molecule has 3 heterocycles. The first-order valence-electron chi connectivity index (χ1n) is 11.2. The fraction of sp³-hybridized carbons (Fsp3) is 0.522. The minimum atomic E-state index is -3.67. The van der Waals surface area contributed by atoms with Crippen LogP contribution in [0.4, 0.5) is 0 Å². The number of carbonyl (C=O) groups is 1. The first kappa shape index (κ1) is 23.0. The molecule has 0 aliphatic carbocycles. The standard InChI is InChI=1S/C23H31N3O5S/c1-18-7-8-19(32(28,29)26-11-14-30-15-12-26)16-20(18)23(27)24-17-21(22-6-5-13-31-22)25-9-3-2-4-10-25/h5-8,13,16,21H,2-4,9-12,14-15,17H2,1H3,(H,24,27). The summed E-state index contributed by atoms with van der Waals surface area (Å²) >= 11 is 0. The number of hydrogen-bond acceptors (Lipinski definition) is 6. The molecular weight excluding hydrogens is 430 g/mol. The molecule has 174 valence electrons. The summed E-state index contributed by atoms with van der Waals surface area (Å²) < 4.78 is 38.4. The van der Waals surface area contributed by atoms with Gasteiger partial charge in [-0.15, -0.1) is 0 Å². The molecule has 8 nitrogen and oxygen atoms in total. The summed E-state index contributed by atoms with van der Waals surface area (Å²) in [7, 11) is -3.67. The average molecular weight is 462 g/mol. The minimum absolute atomic E-state index is 0.0465. The normalized spacial score (nSPS) is 19.5. The summed E-state index contributed by atoms with van der Waals surface area (Å²) in [5.74, 6) is 0.544. The number of carbonyl (C=O) groups excluding carboxylic acids is 1. The Kier molecular flexibility index (Phi) is 7.30. The molecule has 1 aromatic heterocycles. The maximum atomic E-state index is 13.1. The van der Waals surface area contributed by atoms with E-state index in [1.807, 2.05) is 19.1 Å². The van der Waals surface area contributed by atoms with Crippen LogP contribution in [-0.4, -0.2) is 69.5 Å². The molecule has 32 heavy (non-hydrogen) atoms. The number of benzene rings is 1. The zero-order chi connectivity index (χ0) is 22.6. The van der Waals surface area contributed by atoms with Gasteiger partial charge in [-0.05, 0) is 62.7 Å². The Morgan fingerprint density at radius 1 is 1.09 bits per heavy atom. The summed E-state index contributed by atoms with van der Waals surface area (Å²) in [5.41, 5.74) is 1.10. The summed E-state index contributed by atoms with van der Waals surface area (Å²) in [6.07, 6.45) is 5.13. The fourth-order valence-electron chi connectivity index (χ4n) is 4.35. The Balaban J connectivity index is 1.50. The molecule has 0 radical (unpaired) electrons. The van der Waals surface area contributed by atoms with Gasteiger partial charge in [0, 0.05) is 25.2 Å². The maximum Gasteiger partial charge on any atom is 0.251 e. The molecule has 1 aromatic carbocycles. The number of morpholine rings is 1. The largest absolute Gasteiger partial charge is 0.468 e. The SMILES string of the molecule is Cc1ccc(S(=O)(=O)N2CCOCC2)cc1C(=O)NCC(c1ccco1)N1CCCCC1. The van der Waals surface area contributed by atoms with Gasteiger partial charge in [-0.1, -0.05) is 12.5 Å². The van der Waals surface area contributed by atoms with E-state index in [9.17, 15) is 13.2 Å². The van der Waals surface area contributed by atoms with E-state index in [1.54, 1.807) is 18.4 Å². The molecule has 1 amide bonds. The van der Waals surface area contributed by atoms with E-state index in [-0.39, 0.29) is 16.8 Å². The summed E-state index contributed by atoms with van der Waals surface area (Å²) in [6.45, 7) is 5.53. The van der Waals surface area contributed by atoms with E-state index < -0.39 is 10.0 Å². The van der Waals surface area contributed by atoms with E-state index in [0.29, 0.717) is 38.4 Å². The Morgan fingerprint density at radius 3 is 2.53 bits per heavy atom. The van der Waals surface area contributed by atoms with Crippen LogP contribution in [0.5, 0.6) is 0 Å². The number of sulfonamides is 1. The number of nitrogens with zero attached hydrogens (tertiary/aromatic N) is 2. The number of nitrogens with one attached hydrogen (secondary N) is 1. The second-order valence-corrected chi connectivity index (χ2v) is 10.3. The van der Waals surface area contributed by atoms with Crippen LogP contribution in [0.2, 0.25) is 0 Å². The number of piperidine rings is 1. The number of ether oxygens (including phenoxy) is 1. The van der Waals surface area contributed by atoms with E-state index in [0.717, 1.165) is 37.3 Å². The third kappa shape index (κ3) is 5.06. The summed E-state index contributed by atoms with van der Waals surface area (Å²) in [4.78, 5) is 15.6. The first-order valence-corrected chi connectivity index (χ1v) is 12.6. The van der Waals surface area contributed by atoms with E-state index in [2.05, 4.69) is 10.2 Å². The van der Waals surface area contributed by atoms with Crippen LogP contribution in [0.25, 0.3) is 0 Å². The van der Waals surface area contributed by atoms with E-state index in [4.69, 9.17) is 9.15 Å². The topological polar surface area (TPSA) is 92.1 Å². The van der Waals surface area contributed by atoms with Crippen molar-refractivity contribution in [2.75, 3.05) is 45.9 Å². The molecule has 9 heteroatoms. The fourth-order valence-corrected chi connectivity index (χ4v) is 5.78. The van der Waals surface area contributed by atoms with Crippen molar-refractivity contribution in [1.82, 2.24) is 14.5 Å². The Hall–Kier alpha value is -2.20. The van der Waals surface area contributed by atoms with Gasteiger partial charge in [0.15, 0.2) is 0 Å². The predicted octanol–water partition coefficient (Wildman–Crippen LogP) is 2.57. The van der Waals surface area contributed by atoms with Crippen molar-refractivity contribution >= 4 is 15.9 Å². The number of aryl methyl sites for hydroxylation is 1. The van der Waals surface area contributed by atoms with Gasteiger partial charge in [-0.2, -0.15) is 4.31 Å². The molecule has 0 saturated carbocycles. The quantitative estimate of drug-likeness (QED) is 0.681. The van der Waals surface area contributed by atoms with Gasteiger partial charge in [0.1, 0.15) is 5.76 Å². The molecule has 1 N–H and O–H groups in total. The monoisotopic (exact) mass is 461 g/mol. The molecule has 0 spiro atoms. The molecule has 2 aliphatic heterocycles. The molecule has 2 aliphatic rings. The molecule has 1 atom stereocenters. The van der Waals surface area contributed by atoms with Gasteiger partial charge in [0.2, 0.25) is 10.0 Å². The molecule has 2 fully saturated rings. The van der Waals surface area contributed by atoms with Crippen LogP contribution in [0.1, 0.15) is 47.0 Å². The third-order valence-electron chi connectivity index (χ3n) is 6.22. The highest BCUT2D eigenvalue weighted by Crippen LogP contribution is 2.25. The highest BCUT2D eigenvalue weighted by molar-refractivity contribution is 7.89. The predicted molar refractivity (Wildman–Crippen MR) is 120 cm³/mol.